The Bertz CT molecular complexity index is 1090. The summed E-state index contributed by atoms with van der Waals surface area (Å²) in [7, 11) is 0. The van der Waals surface area contributed by atoms with Crippen LogP contribution in [0.25, 0.3) is 0 Å². The van der Waals surface area contributed by atoms with E-state index >= 15 is 0 Å². The molecular weight excluding hydrogens is 443 g/mol. The molecule has 180 valence electrons. The van der Waals surface area contributed by atoms with Gasteiger partial charge in [0.25, 0.3) is 0 Å². The molecule has 0 aliphatic heterocycles. The second-order valence-electron chi connectivity index (χ2n) is 9.27. The van der Waals surface area contributed by atoms with Crippen molar-refractivity contribution in [1.29, 1.82) is 0 Å². The molecule has 0 amide bonds. The number of ketones is 1. The van der Waals surface area contributed by atoms with Crippen LogP contribution in [0.2, 0.25) is 6.32 Å². The predicted molar refractivity (Wildman–Crippen MR) is 159 cm³/mol. The summed E-state index contributed by atoms with van der Waals surface area (Å²) in [6.07, 6.45) is 2.73. The Morgan fingerprint density at radius 2 is 1.14 bits per heavy atom. The number of unbranched alkanes of at least 4 members (excludes halogenated alkanes) is 1. The van der Waals surface area contributed by atoms with Crippen LogP contribution in [-0.2, 0) is 12.6 Å². The highest BCUT2D eigenvalue weighted by molar-refractivity contribution is 7.59. The van der Waals surface area contributed by atoms with E-state index in [1.54, 1.807) is 0 Å². The number of Topliss-reactive ketones (excluding diaryl/α,β-unsaturated/α-hetero) is 1. The van der Waals surface area contributed by atoms with E-state index in [9.17, 15) is 4.79 Å². The minimum absolute atomic E-state index is 0.146. The van der Waals surface area contributed by atoms with Crippen LogP contribution >= 0.6 is 0 Å². The number of aryl methyl sites for hydroxylation is 1. The lowest BCUT2D eigenvalue weighted by atomic mass is 9.14. The molecule has 0 spiro atoms. The van der Waals surface area contributed by atoms with E-state index in [0.717, 1.165) is 11.1 Å². The third kappa shape index (κ3) is 6.35. The van der Waals surface area contributed by atoms with Crippen molar-refractivity contribution in [1.82, 2.24) is 0 Å². The SMILES string of the molecule is CCCC[B-](c1ccccc1)(c1ccccc1)c1ccccc1.Cc1cccc(C(=O)C[SH2+])c1C. The van der Waals surface area contributed by atoms with Crippen LogP contribution in [0, 0.1) is 13.8 Å². The maximum absolute atomic E-state index is 11.3. The van der Waals surface area contributed by atoms with Gasteiger partial charge in [-0.3, -0.25) is 4.79 Å². The van der Waals surface area contributed by atoms with Gasteiger partial charge >= 0.3 is 0 Å². The molecule has 0 N–H and O–H groups in total. The van der Waals surface area contributed by atoms with Crippen molar-refractivity contribution in [2.75, 3.05) is 5.75 Å². The molecule has 4 aromatic carbocycles. The Kier molecular flexibility index (Phi) is 9.99. The first-order valence-corrected chi connectivity index (χ1v) is 13.3. The van der Waals surface area contributed by atoms with Gasteiger partial charge in [0, 0.05) is 5.56 Å². The summed E-state index contributed by atoms with van der Waals surface area (Å²) < 4.78 is 0. The maximum Gasteiger partial charge on any atom is 0.211 e. The van der Waals surface area contributed by atoms with Gasteiger partial charge in [-0.05, 0) is 37.6 Å². The molecule has 4 aromatic rings. The normalized spacial score (nSPS) is 10.9. The zero-order chi connectivity index (χ0) is 25.1. The molecule has 0 atom stereocenters. The van der Waals surface area contributed by atoms with Gasteiger partial charge in [0.1, 0.15) is 0 Å². The van der Waals surface area contributed by atoms with Crippen molar-refractivity contribution in [2.45, 2.75) is 39.9 Å². The fourth-order valence-corrected chi connectivity index (χ4v) is 5.27. The fraction of sp³-hybridized carbons (Fsp3) is 0.219. The van der Waals surface area contributed by atoms with Gasteiger partial charge in [0.15, 0.2) is 5.75 Å². The van der Waals surface area contributed by atoms with Gasteiger partial charge in [-0.25, -0.2) is 0 Å². The number of hydrogen-bond acceptors (Lipinski definition) is 1. The Balaban J connectivity index is 0.000000241. The number of hydrogen-bond donors (Lipinski definition) is 0. The van der Waals surface area contributed by atoms with E-state index in [2.05, 4.69) is 111 Å². The van der Waals surface area contributed by atoms with E-state index in [0.29, 0.717) is 5.75 Å². The van der Waals surface area contributed by atoms with Crippen molar-refractivity contribution < 1.29 is 4.79 Å². The van der Waals surface area contributed by atoms with Crippen molar-refractivity contribution in [3.05, 3.63) is 126 Å². The minimum Gasteiger partial charge on any atom is -0.289 e. The molecule has 0 aromatic heterocycles. The molecule has 0 unspecified atom stereocenters. The molecule has 35 heavy (non-hydrogen) atoms. The van der Waals surface area contributed by atoms with E-state index < -0.39 is 6.15 Å². The Morgan fingerprint density at radius 3 is 1.54 bits per heavy atom. The molecule has 0 saturated heterocycles. The van der Waals surface area contributed by atoms with Crippen molar-refractivity contribution in [3.63, 3.8) is 0 Å². The highest BCUT2D eigenvalue weighted by atomic mass is 32.1. The topological polar surface area (TPSA) is 17.1 Å². The number of carbonyl (C=O) groups is 1. The smallest absolute Gasteiger partial charge is 0.211 e. The summed E-state index contributed by atoms with van der Waals surface area (Å²) in [5.74, 6) is 0.539. The first-order valence-electron chi connectivity index (χ1n) is 12.6. The van der Waals surface area contributed by atoms with Gasteiger partial charge in [-0.2, -0.15) is 22.7 Å². The average molecular weight is 481 g/mol. The molecule has 1 nitrogen and oxygen atoms in total. The van der Waals surface area contributed by atoms with Crippen LogP contribution in [0.1, 0.15) is 41.3 Å². The van der Waals surface area contributed by atoms with E-state index in [1.165, 1.54) is 41.1 Å². The highest BCUT2D eigenvalue weighted by Crippen LogP contribution is 2.16. The quantitative estimate of drug-likeness (QED) is 0.186. The number of carbonyl (C=O) groups excluding carboxylic acids is 1. The van der Waals surface area contributed by atoms with Crippen LogP contribution in [0.15, 0.2) is 109 Å². The van der Waals surface area contributed by atoms with Crippen molar-refractivity contribution in [3.8, 4) is 0 Å². The van der Waals surface area contributed by atoms with Gasteiger partial charge < -0.3 is 0 Å². The van der Waals surface area contributed by atoms with Crippen LogP contribution < -0.4 is 16.4 Å². The predicted octanol–water partition coefficient (Wildman–Crippen LogP) is 5.45. The minimum atomic E-state index is -0.913. The molecule has 4 rings (SSSR count). The Morgan fingerprint density at radius 1 is 0.686 bits per heavy atom. The zero-order valence-corrected chi connectivity index (χ0v) is 22.2. The fourth-order valence-electron chi connectivity index (χ4n) is 5.08. The average Bonchev–Trinajstić information content (AvgIpc) is 2.92. The lowest BCUT2D eigenvalue weighted by Crippen LogP contribution is -2.66. The third-order valence-electron chi connectivity index (χ3n) is 7.16. The molecule has 0 heterocycles. The molecule has 0 radical (unpaired) electrons. The van der Waals surface area contributed by atoms with Crippen molar-refractivity contribution >= 4 is 40.9 Å². The Hall–Kier alpha value is -3.04. The largest absolute Gasteiger partial charge is 0.289 e. The zero-order valence-electron chi connectivity index (χ0n) is 21.2. The molecule has 0 saturated carbocycles. The lowest BCUT2D eigenvalue weighted by Gasteiger charge is -2.43. The van der Waals surface area contributed by atoms with E-state index in [1.807, 2.05) is 32.0 Å². The number of rotatable bonds is 8. The molecule has 3 heteroatoms. The second kappa shape index (κ2) is 13.2. The van der Waals surface area contributed by atoms with Gasteiger partial charge in [-0.1, -0.05) is 129 Å². The number of benzene rings is 4. The van der Waals surface area contributed by atoms with Gasteiger partial charge in [0.2, 0.25) is 5.78 Å². The van der Waals surface area contributed by atoms with E-state index in [-0.39, 0.29) is 5.78 Å². The molecule has 0 aliphatic carbocycles. The van der Waals surface area contributed by atoms with Crippen LogP contribution in [-0.4, -0.2) is 17.7 Å². The highest BCUT2D eigenvalue weighted by Gasteiger charge is 2.28. The summed E-state index contributed by atoms with van der Waals surface area (Å²) in [6, 6.07) is 39.0. The summed E-state index contributed by atoms with van der Waals surface area (Å²) >= 11 is 3.21. The van der Waals surface area contributed by atoms with E-state index in [4.69, 9.17) is 0 Å². The Labute approximate surface area is 217 Å². The first kappa shape index (κ1) is 26.6. The first-order chi connectivity index (χ1) is 17.0. The summed E-state index contributed by atoms with van der Waals surface area (Å²) in [4.78, 5) is 11.3. The summed E-state index contributed by atoms with van der Waals surface area (Å²) in [5.41, 5.74) is 7.40. The monoisotopic (exact) mass is 480 g/mol. The van der Waals surface area contributed by atoms with Crippen molar-refractivity contribution in [2.24, 2.45) is 0 Å². The van der Waals surface area contributed by atoms with Crippen LogP contribution in [0.4, 0.5) is 0 Å². The molecule has 0 bridgehead atoms. The van der Waals surface area contributed by atoms with Gasteiger partial charge in [0.05, 0.1) is 6.15 Å². The molecule has 0 fully saturated rings. The van der Waals surface area contributed by atoms with Crippen LogP contribution in [0.5, 0.6) is 0 Å². The molecular formula is C32H37BOS. The third-order valence-corrected chi connectivity index (χ3v) is 7.48. The summed E-state index contributed by atoms with van der Waals surface area (Å²) in [6.45, 7) is 6.27. The lowest BCUT2D eigenvalue weighted by molar-refractivity contribution is 0.102. The van der Waals surface area contributed by atoms with Gasteiger partial charge in [-0.15, -0.1) is 0 Å². The molecule has 0 aliphatic rings. The standard InChI is InChI=1S/C22H24B.C10H12OS/c1-2-3-19-23(20-13-7-4-8-14-20,21-15-9-5-10-16-21)22-17-11-6-12-18-22;1-7-4-3-5-9(8(7)2)10(11)6-12/h4-18H,2-3,19H2,1H3;3-5,12H,6H2,1-2H3/q-1;/p+1. The summed E-state index contributed by atoms with van der Waals surface area (Å²) in [5, 5.41) is 0. The van der Waals surface area contributed by atoms with Crippen LogP contribution in [0.3, 0.4) is 0 Å². The second-order valence-corrected chi connectivity index (χ2v) is 9.62. The maximum atomic E-state index is 11.3.